The zero-order valence-corrected chi connectivity index (χ0v) is 22.6. The summed E-state index contributed by atoms with van der Waals surface area (Å²) in [6, 6.07) is -2.59. The maximum absolute atomic E-state index is 12.9. The number of alkyl carbamates (subject to hydrolysis) is 1. The lowest BCUT2D eigenvalue weighted by Gasteiger charge is -2.57. The maximum Gasteiger partial charge on any atom is 0.407 e. The van der Waals surface area contributed by atoms with E-state index < -0.39 is 63.4 Å². The van der Waals surface area contributed by atoms with E-state index in [1.165, 1.54) is 7.11 Å². The van der Waals surface area contributed by atoms with Crippen LogP contribution in [0.5, 0.6) is 0 Å². The van der Waals surface area contributed by atoms with Gasteiger partial charge in [0.25, 0.3) is 11.6 Å². The van der Waals surface area contributed by atoms with Crippen LogP contribution in [0.2, 0.25) is 0 Å². The molecule has 4 atom stereocenters. The average Bonchev–Trinajstić information content (AvgIpc) is 2.78. The molecule has 196 valence electrons. The minimum Gasteiger partial charge on any atom is -0.480 e. The smallest absolute Gasteiger partial charge is 0.407 e. The Hall–Kier alpha value is -1.45. The molecule has 17 heteroatoms. The highest BCUT2D eigenvalue weighted by Gasteiger charge is 2.67. The summed E-state index contributed by atoms with van der Waals surface area (Å²) in [6.45, 7) is -0.601. The Morgan fingerprint density at radius 1 is 1.31 bits per heavy atom. The Kier molecular flexibility index (Phi) is 10.4. The number of aliphatic carboxylic acids is 2. The molecular weight excluding hydrogens is 621 g/mol. The first-order valence-corrected chi connectivity index (χ1v) is 13.0. The van der Waals surface area contributed by atoms with E-state index in [1.807, 2.05) is 0 Å². The summed E-state index contributed by atoms with van der Waals surface area (Å²) in [4.78, 5) is 61.4. The van der Waals surface area contributed by atoms with Gasteiger partial charge in [-0.15, -0.1) is 11.8 Å². The molecule has 0 aromatic heterocycles. The van der Waals surface area contributed by atoms with E-state index in [-0.39, 0.29) is 24.6 Å². The molecule has 0 aromatic rings. The number of rotatable bonds is 11. The van der Waals surface area contributed by atoms with Crippen LogP contribution in [0.25, 0.3) is 0 Å². The number of carbonyl (C=O) groups excluding carboxylic acids is 3. The second-order valence-electron chi connectivity index (χ2n) is 7.37. The van der Waals surface area contributed by atoms with Crippen molar-refractivity contribution in [3.8, 4) is 0 Å². The fourth-order valence-electron chi connectivity index (χ4n) is 3.40. The van der Waals surface area contributed by atoms with E-state index in [1.54, 1.807) is 5.41 Å². The summed E-state index contributed by atoms with van der Waals surface area (Å²) in [5.41, 5.74) is -1.29. The molecule has 0 aromatic carbocycles. The number of ether oxygens (including phenoxy) is 2. The molecule has 2 aliphatic rings. The van der Waals surface area contributed by atoms with Crippen LogP contribution < -0.4 is 10.6 Å². The molecule has 2 rings (SSSR count). The maximum atomic E-state index is 12.9. The number of amides is 3. The van der Waals surface area contributed by atoms with Gasteiger partial charge in [-0.1, -0.05) is 50.7 Å². The number of alkyl halides is 4. The molecule has 0 aliphatic carbocycles. The molecule has 0 spiro atoms. The van der Waals surface area contributed by atoms with Crippen molar-refractivity contribution in [1.29, 1.82) is 0 Å². The van der Waals surface area contributed by atoms with Gasteiger partial charge < -0.3 is 35.2 Å². The first kappa shape index (κ1) is 29.8. The van der Waals surface area contributed by atoms with Gasteiger partial charge in [-0.2, -0.15) is 0 Å². The largest absolute Gasteiger partial charge is 0.480 e. The molecule has 12 nitrogen and oxygen atoms in total. The zero-order chi connectivity index (χ0) is 26.6. The van der Waals surface area contributed by atoms with Crippen LogP contribution in [-0.2, 0) is 28.7 Å². The molecule has 0 radical (unpaired) electrons. The second kappa shape index (κ2) is 12.2. The third-order valence-corrected chi connectivity index (χ3v) is 7.25. The molecule has 2 aliphatic heterocycles. The highest BCUT2D eigenvalue weighted by atomic mass is 79.9. The average molecular weight is 642 g/mol. The Morgan fingerprint density at radius 2 is 1.97 bits per heavy atom. The van der Waals surface area contributed by atoms with Crippen LogP contribution in [0.1, 0.15) is 19.3 Å². The van der Waals surface area contributed by atoms with Crippen molar-refractivity contribution in [2.24, 2.45) is 0 Å². The fraction of sp³-hybridized carbons (Fsp3) is 0.611. The SMILES string of the molecule is CO[C@@]1(NC(=O)CCCC(NC(=O)OCC(Cl)(Cl)Cl)C(=O)O)C(=O)N2C(C(=O)O)C(CBr)=CS[C@H]21. The van der Waals surface area contributed by atoms with Crippen molar-refractivity contribution >= 4 is 92.3 Å². The van der Waals surface area contributed by atoms with Crippen molar-refractivity contribution in [3.63, 3.8) is 0 Å². The lowest BCUT2D eigenvalue weighted by Crippen LogP contribution is -2.82. The van der Waals surface area contributed by atoms with Gasteiger partial charge in [0, 0.05) is 18.9 Å². The predicted octanol–water partition coefficient (Wildman–Crippen LogP) is 1.81. The lowest BCUT2D eigenvalue weighted by atomic mass is 9.95. The molecule has 0 saturated carbocycles. The number of hydrogen-bond donors (Lipinski definition) is 4. The van der Waals surface area contributed by atoms with Crippen LogP contribution >= 0.6 is 62.5 Å². The summed E-state index contributed by atoms with van der Waals surface area (Å²) in [6.07, 6.45) is -1.48. The molecule has 4 N–H and O–H groups in total. The fourth-order valence-corrected chi connectivity index (χ4v) is 5.56. The highest BCUT2D eigenvalue weighted by molar-refractivity contribution is 9.09. The van der Waals surface area contributed by atoms with Gasteiger partial charge >= 0.3 is 18.0 Å². The van der Waals surface area contributed by atoms with Crippen LogP contribution in [0.3, 0.4) is 0 Å². The second-order valence-corrected chi connectivity index (χ2v) is 11.4. The van der Waals surface area contributed by atoms with E-state index in [4.69, 9.17) is 39.5 Å². The Balaban J connectivity index is 1.94. The van der Waals surface area contributed by atoms with Crippen LogP contribution in [0.15, 0.2) is 11.0 Å². The molecular formula is C18H21BrCl3N3O9S. The summed E-state index contributed by atoms with van der Waals surface area (Å²) in [5.74, 6) is -3.94. The number of nitrogens with zero attached hydrogens (tertiary/aromatic N) is 1. The van der Waals surface area contributed by atoms with Gasteiger partial charge in [0.1, 0.15) is 18.0 Å². The predicted molar refractivity (Wildman–Crippen MR) is 129 cm³/mol. The normalized spacial score (nSPS) is 24.4. The van der Waals surface area contributed by atoms with E-state index in [2.05, 4.69) is 31.3 Å². The molecule has 0 bridgehead atoms. The van der Waals surface area contributed by atoms with Crippen molar-refractivity contribution < 1.29 is 43.7 Å². The number of hydrogen-bond acceptors (Lipinski definition) is 8. The summed E-state index contributed by atoms with van der Waals surface area (Å²) in [5, 5.41) is 24.5. The first-order chi connectivity index (χ1) is 16.3. The van der Waals surface area contributed by atoms with Crippen molar-refractivity contribution in [2.75, 3.05) is 19.0 Å². The minimum absolute atomic E-state index is 0.00837. The number of β-lactam (4-membered cyclic amide) rings is 1. The third-order valence-electron chi connectivity index (χ3n) is 5.02. The standard InChI is InChI=1S/C18H21BrCl3N3O9S/c1-33-18(14(31)25-11(13(29)30)8(5-19)6-35-15(18)25)24-10(26)4-2-3-9(12(27)28)23-16(32)34-7-17(20,21)22/h6,9,11,15H,2-5,7H2,1H3,(H,23,32)(H,24,26)(H,27,28)(H,29,30)/t9?,11?,15-,18-/m0/s1. The highest BCUT2D eigenvalue weighted by Crippen LogP contribution is 2.46. The summed E-state index contributed by atoms with van der Waals surface area (Å²) in [7, 11) is 1.21. The first-order valence-electron chi connectivity index (χ1n) is 9.82. The molecule has 2 heterocycles. The van der Waals surface area contributed by atoms with Gasteiger partial charge in [0.2, 0.25) is 9.70 Å². The minimum atomic E-state index is -1.87. The van der Waals surface area contributed by atoms with Gasteiger partial charge in [0.15, 0.2) is 6.04 Å². The molecule has 1 saturated heterocycles. The Bertz CT molecular complexity index is 919. The van der Waals surface area contributed by atoms with Crippen LogP contribution in [0, 0.1) is 0 Å². The van der Waals surface area contributed by atoms with Crippen LogP contribution in [0.4, 0.5) is 4.79 Å². The summed E-state index contributed by atoms with van der Waals surface area (Å²) >= 11 is 20.7. The molecule has 35 heavy (non-hydrogen) atoms. The van der Waals surface area contributed by atoms with E-state index in [0.717, 1.165) is 16.7 Å². The topological polar surface area (TPSA) is 172 Å². The number of carboxylic acid groups (broad SMARTS) is 2. The number of fused-ring (bicyclic) bond motifs is 1. The van der Waals surface area contributed by atoms with Gasteiger partial charge in [-0.3, -0.25) is 9.59 Å². The Labute approximate surface area is 227 Å². The number of carboxylic acids is 2. The number of thioether (sulfide) groups is 1. The molecule has 1 fully saturated rings. The van der Waals surface area contributed by atoms with Gasteiger partial charge in [-0.05, 0) is 23.8 Å². The van der Waals surface area contributed by atoms with Crippen molar-refractivity contribution in [1.82, 2.24) is 15.5 Å². The quantitative estimate of drug-likeness (QED) is 0.148. The van der Waals surface area contributed by atoms with Crippen molar-refractivity contribution in [3.05, 3.63) is 11.0 Å². The van der Waals surface area contributed by atoms with E-state index in [9.17, 15) is 34.2 Å². The number of halogens is 4. The van der Waals surface area contributed by atoms with Crippen molar-refractivity contribution in [2.45, 2.75) is 46.2 Å². The summed E-state index contributed by atoms with van der Waals surface area (Å²) < 4.78 is 8.07. The monoisotopic (exact) mass is 639 g/mol. The van der Waals surface area contributed by atoms with Crippen LogP contribution in [-0.4, -0.2) is 91.0 Å². The Morgan fingerprint density at radius 3 is 2.49 bits per heavy atom. The molecule has 3 amide bonds. The van der Waals surface area contributed by atoms with Gasteiger partial charge in [-0.25, -0.2) is 14.4 Å². The van der Waals surface area contributed by atoms with E-state index >= 15 is 0 Å². The van der Waals surface area contributed by atoms with Gasteiger partial charge in [0.05, 0.1) is 0 Å². The number of methoxy groups -OCH3 is 1. The number of nitrogens with one attached hydrogen (secondary N) is 2. The van der Waals surface area contributed by atoms with E-state index in [0.29, 0.717) is 5.57 Å². The number of carbonyl (C=O) groups is 5. The molecule has 2 unspecified atom stereocenters. The zero-order valence-electron chi connectivity index (χ0n) is 18.0. The third kappa shape index (κ3) is 7.07. The lowest BCUT2D eigenvalue weighted by molar-refractivity contribution is -0.201.